The summed E-state index contributed by atoms with van der Waals surface area (Å²) in [4.78, 5) is 39.3. The van der Waals surface area contributed by atoms with Crippen molar-refractivity contribution in [3.63, 3.8) is 0 Å². The van der Waals surface area contributed by atoms with E-state index in [1.54, 1.807) is 27.8 Å². The molecule has 0 heterocycles. The van der Waals surface area contributed by atoms with Gasteiger partial charge in [-0.3, -0.25) is 9.59 Å². The smallest absolute Gasteiger partial charge is 0.408 e. The summed E-state index contributed by atoms with van der Waals surface area (Å²) in [5, 5.41) is 5.49. The van der Waals surface area contributed by atoms with Crippen LogP contribution in [0.25, 0.3) is 0 Å². The molecule has 0 aliphatic rings. The normalized spacial score (nSPS) is 13.2. The first-order valence-electron chi connectivity index (χ1n) is 10.5. The first kappa shape index (κ1) is 25.5. The third-order valence-electron chi connectivity index (χ3n) is 4.74. The van der Waals surface area contributed by atoms with E-state index in [1.165, 1.54) is 4.90 Å². The number of hydrogen-bond acceptors (Lipinski definition) is 4. The summed E-state index contributed by atoms with van der Waals surface area (Å²) in [6.45, 7) is 12.9. The number of aryl methyl sites for hydroxylation is 2. The van der Waals surface area contributed by atoms with E-state index in [-0.39, 0.29) is 24.4 Å². The van der Waals surface area contributed by atoms with E-state index < -0.39 is 17.7 Å². The van der Waals surface area contributed by atoms with Gasteiger partial charge in [0.1, 0.15) is 18.2 Å². The number of carbonyl (C=O) groups is 3. The summed E-state index contributed by atoms with van der Waals surface area (Å²) in [5.74, 6) is -0.617. The molecular weight excluding hydrogens is 382 g/mol. The van der Waals surface area contributed by atoms with Crippen molar-refractivity contribution in [2.45, 2.75) is 79.0 Å². The number of nitrogens with one attached hydrogen (secondary N) is 2. The third-order valence-corrected chi connectivity index (χ3v) is 4.74. The maximum absolute atomic E-state index is 13.2. The molecule has 0 bridgehead atoms. The highest BCUT2D eigenvalue weighted by Gasteiger charge is 2.31. The van der Waals surface area contributed by atoms with Crippen molar-refractivity contribution in [2.24, 2.45) is 0 Å². The Morgan fingerprint density at radius 3 is 2.20 bits per heavy atom. The lowest BCUT2D eigenvalue weighted by Crippen LogP contribution is -2.47. The van der Waals surface area contributed by atoms with Crippen molar-refractivity contribution < 1.29 is 19.1 Å². The van der Waals surface area contributed by atoms with Crippen molar-refractivity contribution in [3.05, 3.63) is 34.9 Å². The Morgan fingerprint density at radius 1 is 1.13 bits per heavy atom. The van der Waals surface area contributed by atoms with Crippen LogP contribution < -0.4 is 10.6 Å². The zero-order valence-corrected chi connectivity index (χ0v) is 19.6. The summed E-state index contributed by atoms with van der Waals surface area (Å²) in [6.07, 6.45) is 1.13. The predicted molar refractivity (Wildman–Crippen MR) is 118 cm³/mol. The monoisotopic (exact) mass is 419 g/mol. The molecule has 0 fully saturated rings. The molecule has 0 radical (unpaired) electrons. The fraction of sp³-hybridized carbons (Fsp3) is 0.609. The van der Waals surface area contributed by atoms with E-state index in [4.69, 9.17) is 4.74 Å². The van der Waals surface area contributed by atoms with Crippen molar-refractivity contribution in [1.29, 1.82) is 0 Å². The van der Waals surface area contributed by atoms with Gasteiger partial charge in [-0.2, -0.15) is 0 Å². The van der Waals surface area contributed by atoms with Gasteiger partial charge < -0.3 is 20.3 Å². The summed E-state index contributed by atoms with van der Waals surface area (Å²) < 4.78 is 5.18. The molecule has 1 aromatic carbocycles. The first-order chi connectivity index (χ1) is 13.9. The molecule has 7 nitrogen and oxygen atoms in total. The molecule has 2 atom stereocenters. The van der Waals surface area contributed by atoms with Gasteiger partial charge in [0.2, 0.25) is 11.8 Å². The lowest BCUT2D eigenvalue weighted by molar-refractivity contribution is -0.139. The molecule has 0 spiro atoms. The number of ether oxygens (including phenoxy) is 1. The van der Waals surface area contributed by atoms with Gasteiger partial charge in [0.15, 0.2) is 0 Å². The molecule has 1 aromatic rings. The molecule has 2 unspecified atom stereocenters. The molecule has 168 valence electrons. The van der Waals surface area contributed by atoms with Crippen LogP contribution in [0.3, 0.4) is 0 Å². The van der Waals surface area contributed by atoms with Crippen LogP contribution in [0.15, 0.2) is 18.2 Å². The van der Waals surface area contributed by atoms with Crippen LogP contribution in [0, 0.1) is 13.8 Å². The molecule has 1 rings (SSSR count). The van der Waals surface area contributed by atoms with E-state index in [0.717, 1.165) is 29.5 Å². The second kappa shape index (κ2) is 11.0. The molecule has 2 N–H and O–H groups in total. The average molecular weight is 420 g/mol. The molecular formula is C23H37N3O4. The Hall–Kier alpha value is -2.57. The Bertz CT molecular complexity index is 735. The second-order valence-electron chi connectivity index (χ2n) is 8.77. The SMILES string of the molecule is CCCC(C)NC(=O)C(c1c(C)cccc1C)N(C)C(=O)CNC(=O)OC(C)(C)C. The second-order valence-corrected chi connectivity index (χ2v) is 8.77. The zero-order chi connectivity index (χ0) is 23.1. The first-order valence-corrected chi connectivity index (χ1v) is 10.5. The predicted octanol–water partition coefficient (Wildman–Crippen LogP) is 3.63. The van der Waals surface area contributed by atoms with Gasteiger partial charge in [0.25, 0.3) is 0 Å². The number of likely N-dealkylation sites (N-methyl/N-ethyl adjacent to an activating group) is 1. The molecule has 0 aromatic heterocycles. The zero-order valence-electron chi connectivity index (χ0n) is 19.6. The molecule has 7 heteroatoms. The van der Waals surface area contributed by atoms with Gasteiger partial charge in [-0.1, -0.05) is 31.5 Å². The van der Waals surface area contributed by atoms with E-state index in [1.807, 2.05) is 39.0 Å². The Balaban J connectivity index is 3.07. The van der Waals surface area contributed by atoms with Crippen molar-refractivity contribution in [2.75, 3.05) is 13.6 Å². The van der Waals surface area contributed by atoms with Crippen LogP contribution in [0.5, 0.6) is 0 Å². The van der Waals surface area contributed by atoms with Gasteiger partial charge in [0.05, 0.1) is 0 Å². The summed E-state index contributed by atoms with van der Waals surface area (Å²) in [5.41, 5.74) is 2.00. The lowest BCUT2D eigenvalue weighted by Gasteiger charge is -2.31. The highest BCUT2D eigenvalue weighted by molar-refractivity contribution is 5.90. The lowest BCUT2D eigenvalue weighted by atomic mass is 9.94. The summed E-state index contributed by atoms with van der Waals surface area (Å²) >= 11 is 0. The molecule has 30 heavy (non-hydrogen) atoms. The van der Waals surface area contributed by atoms with Gasteiger partial charge in [0, 0.05) is 13.1 Å². The maximum Gasteiger partial charge on any atom is 0.408 e. The number of carbonyl (C=O) groups excluding carboxylic acids is 3. The summed E-state index contributed by atoms with van der Waals surface area (Å²) in [6, 6.07) is 4.98. The van der Waals surface area contributed by atoms with Crippen LogP contribution in [0.1, 0.15) is 70.2 Å². The van der Waals surface area contributed by atoms with Crippen molar-refractivity contribution in [1.82, 2.24) is 15.5 Å². The molecule has 0 saturated heterocycles. The molecule has 3 amide bonds. The van der Waals surface area contributed by atoms with Crippen LogP contribution in [0.2, 0.25) is 0 Å². The number of alkyl carbamates (subject to hydrolysis) is 1. The summed E-state index contributed by atoms with van der Waals surface area (Å²) in [7, 11) is 1.58. The van der Waals surface area contributed by atoms with Crippen LogP contribution in [-0.4, -0.2) is 48.0 Å². The number of rotatable bonds is 8. The Labute approximate surface area is 180 Å². The minimum Gasteiger partial charge on any atom is -0.444 e. The average Bonchev–Trinajstić information content (AvgIpc) is 2.60. The van der Waals surface area contributed by atoms with E-state index >= 15 is 0 Å². The fourth-order valence-corrected chi connectivity index (χ4v) is 3.32. The highest BCUT2D eigenvalue weighted by atomic mass is 16.6. The number of benzene rings is 1. The Morgan fingerprint density at radius 2 is 1.70 bits per heavy atom. The van der Waals surface area contributed by atoms with Crippen LogP contribution in [-0.2, 0) is 14.3 Å². The van der Waals surface area contributed by atoms with Gasteiger partial charge in [-0.15, -0.1) is 0 Å². The minimum absolute atomic E-state index is 0.00212. The Kier molecular flexibility index (Phi) is 9.33. The van der Waals surface area contributed by atoms with Gasteiger partial charge >= 0.3 is 6.09 Å². The maximum atomic E-state index is 13.2. The van der Waals surface area contributed by atoms with E-state index in [0.29, 0.717) is 0 Å². The number of amides is 3. The topological polar surface area (TPSA) is 87.7 Å². The largest absolute Gasteiger partial charge is 0.444 e. The van der Waals surface area contributed by atoms with Crippen LogP contribution >= 0.6 is 0 Å². The molecule has 0 saturated carbocycles. The van der Waals surface area contributed by atoms with Crippen LogP contribution in [0.4, 0.5) is 4.79 Å². The van der Waals surface area contributed by atoms with Gasteiger partial charge in [-0.05, 0) is 64.7 Å². The number of hydrogen-bond donors (Lipinski definition) is 2. The van der Waals surface area contributed by atoms with Crippen molar-refractivity contribution >= 4 is 17.9 Å². The van der Waals surface area contributed by atoms with Crippen molar-refractivity contribution in [3.8, 4) is 0 Å². The highest BCUT2D eigenvalue weighted by Crippen LogP contribution is 2.27. The minimum atomic E-state index is -0.793. The third kappa shape index (κ3) is 7.69. The quantitative estimate of drug-likeness (QED) is 0.673. The van der Waals surface area contributed by atoms with Gasteiger partial charge in [-0.25, -0.2) is 4.79 Å². The standard InChI is InChI=1S/C23H37N3O4/c1-9-11-17(4)25-21(28)20(19-15(2)12-10-13-16(19)3)26(8)18(27)14-24-22(29)30-23(5,6)7/h10,12-13,17,20H,9,11,14H2,1-8H3,(H,24,29)(H,25,28). The van der Waals surface area contributed by atoms with E-state index in [9.17, 15) is 14.4 Å². The fourth-order valence-electron chi connectivity index (χ4n) is 3.32. The number of nitrogens with zero attached hydrogens (tertiary/aromatic N) is 1. The van der Waals surface area contributed by atoms with E-state index in [2.05, 4.69) is 17.6 Å². The molecule has 0 aliphatic heterocycles. The molecule has 0 aliphatic carbocycles.